The first kappa shape index (κ1) is 16.0. The number of rotatable bonds is 6. The first-order chi connectivity index (χ1) is 10.2. The molecule has 1 aliphatic rings. The Labute approximate surface area is 127 Å². The van der Waals surface area contributed by atoms with Crippen LogP contribution in [-0.2, 0) is 11.3 Å². The zero-order chi connectivity index (χ0) is 15.1. The van der Waals surface area contributed by atoms with E-state index in [2.05, 4.69) is 17.1 Å². The number of likely N-dealkylation sites (tertiary alicyclic amines) is 1. The van der Waals surface area contributed by atoms with E-state index in [4.69, 9.17) is 5.73 Å². The summed E-state index contributed by atoms with van der Waals surface area (Å²) in [7, 11) is 0. The van der Waals surface area contributed by atoms with Crippen molar-refractivity contribution in [1.82, 2.24) is 4.90 Å². The van der Waals surface area contributed by atoms with Crippen LogP contribution in [0.3, 0.4) is 0 Å². The third-order valence-electron chi connectivity index (χ3n) is 4.19. The first-order valence-electron chi connectivity index (χ1n) is 8.06. The summed E-state index contributed by atoms with van der Waals surface area (Å²) in [4.78, 5) is 14.6. The van der Waals surface area contributed by atoms with Crippen LogP contribution in [0.4, 0.5) is 5.69 Å². The van der Waals surface area contributed by atoms with E-state index in [1.165, 1.54) is 32.1 Å². The molecule has 0 spiro atoms. The van der Waals surface area contributed by atoms with Crippen molar-refractivity contribution in [2.45, 2.75) is 51.6 Å². The van der Waals surface area contributed by atoms with Crippen LogP contribution >= 0.6 is 0 Å². The number of anilines is 1. The van der Waals surface area contributed by atoms with Crippen molar-refractivity contribution in [2.75, 3.05) is 18.4 Å². The molecule has 1 unspecified atom stereocenters. The fraction of sp³-hybridized carbons (Fsp3) is 0.588. The Morgan fingerprint density at radius 1 is 1.33 bits per heavy atom. The number of nitrogens with two attached hydrogens (primary N) is 1. The summed E-state index contributed by atoms with van der Waals surface area (Å²) in [5.41, 5.74) is 7.50. The number of piperidine rings is 1. The molecule has 1 amide bonds. The van der Waals surface area contributed by atoms with Crippen molar-refractivity contribution in [2.24, 2.45) is 5.73 Å². The lowest BCUT2D eigenvalue weighted by Crippen LogP contribution is -2.43. The van der Waals surface area contributed by atoms with Gasteiger partial charge in [0.15, 0.2) is 0 Å². The molecule has 0 aromatic heterocycles. The maximum absolute atomic E-state index is 12.2. The van der Waals surface area contributed by atoms with Crippen LogP contribution in [0.15, 0.2) is 24.3 Å². The maximum atomic E-state index is 12.2. The van der Waals surface area contributed by atoms with Gasteiger partial charge in [0.05, 0.1) is 6.54 Å². The number of carbonyl (C=O) groups excluding carboxylic acids is 1. The van der Waals surface area contributed by atoms with Crippen LogP contribution in [0.2, 0.25) is 0 Å². The van der Waals surface area contributed by atoms with E-state index in [1.54, 1.807) is 0 Å². The lowest BCUT2D eigenvalue weighted by Gasteiger charge is -2.35. The van der Waals surface area contributed by atoms with Crippen molar-refractivity contribution >= 4 is 11.6 Å². The molecule has 0 saturated carbocycles. The average Bonchev–Trinajstić information content (AvgIpc) is 2.50. The van der Waals surface area contributed by atoms with Gasteiger partial charge >= 0.3 is 0 Å². The van der Waals surface area contributed by atoms with Gasteiger partial charge in [-0.2, -0.15) is 0 Å². The van der Waals surface area contributed by atoms with E-state index >= 15 is 0 Å². The van der Waals surface area contributed by atoms with Crippen LogP contribution in [0.25, 0.3) is 0 Å². The molecule has 1 aromatic carbocycles. The molecule has 0 bridgehead atoms. The highest BCUT2D eigenvalue weighted by atomic mass is 16.2. The Morgan fingerprint density at radius 2 is 2.10 bits per heavy atom. The lowest BCUT2D eigenvalue weighted by atomic mass is 9.98. The molecule has 116 valence electrons. The second kappa shape index (κ2) is 8.15. The largest absolute Gasteiger partial charge is 0.326 e. The molecule has 2 rings (SSSR count). The number of hydrogen-bond donors (Lipinski definition) is 2. The summed E-state index contributed by atoms with van der Waals surface area (Å²) in [6.45, 7) is 4.29. The SMILES string of the molecule is CCCC1CCCCN1CC(=O)Nc1ccc(CN)cc1. The van der Waals surface area contributed by atoms with Gasteiger partial charge in [-0.15, -0.1) is 0 Å². The molecule has 3 N–H and O–H groups in total. The molecule has 0 radical (unpaired) electrons. The molecule has 1 atom stereocenters. The summed E-state index contributed by atoms with van der Waals surface area (Å²) >= 11 is 0. The predicted molar refractivity (Wildman–Crippen MR) is 87.1 cm³/mol. The Hall–Kier alpha value is -1.39. The first-order valence-corrected chi connectivity index (χ1v) is 8.06. The number of nitrogens with zero attached hydrogens (tertiary/aromatic N) is 1. The standard InChI is InChI=1S/C17H27N3O/c1-2-5-16-6-3-4-11-20(16)13-17(21)19-15-9-7-14(12-18)8-10-15/h7-10,16H,2-6,11-13,18H2,1H3,(H,19,21). The fourth-order valence-corrected chi connectivity index (χ4v) is 3.04. The quantitative estimate of drug-likeness (QED) is 0.846. The number of nitrogens with one attached hydrogen (secondary N) is 1. The van der Waals surface area contributed by atoms with Crippen molar-refractivity contribution in [1.29, 1.82) is 0 Å². The average molecular weight is 289 g/mol. The smallest absolute Gasteiger partial charge is 0.238 e. The molecular weight excluding hydrogens is 262 g/mol. The highest BCUT2D eigenvalue weighted by Crippen LogP contribution is 2.20. The fourth-order valence-electron chi connectivity index (χ4n) is 3.04. The van der Waals surface area contributed by atoms with Crippen LogP contribution in [-0.4, -0.2) is 29.9 Å². The molecule has 21 heavy (non-hydrogen) atoms. The van der Waals surface area contributed by atoms with Gasteiger partial charge < -0.3 is 11.1 Å². The Balaban J connectivity index is 1.87. The van der Waals surface area contributed by atoms with E-state index in [9.17, 15) is 4.79 Å². The summed E-state index contributed by atoms with van der Waals surface area (Å²) in [6, 6.07) is 8.32. The van der Waals surface area contributed by atoms with Gasteiger partial charge in [0, 0.05) is 18.3 Å². The third-order valence-corrected chi connectivity index (χ3v) is 4.19. The summed E-state index contributed by atoms with van der Waals surface area (Å²) in [5, 5.41) is 2.98. The van der Waals surface area contributed by atoms with Crippen LogP contribution in [0.5, 0.6) is 0 Å². The minimum atomic E-state index is 0.0819. The number of carbonyl (C=O) groups is 1. The van der Waals surface area contributed by atoms with E-state index in [1.807, 2.05) is 24.3 Å². The van der Waals surface area contributed by atoms with Crippen LogP contribution in [0.1, 0.15) is 44.6 Å². The Morgan fingerprint density at radius 3 is 2.76 bits per heavy atom. The summed E-state index contributed by atoms with van der Waals surface area (Å²) in [6.07, 6.45) is 6.11. The monoisotopic (exact) mass is 289 g/mol. The van der Waals surface area contributed by atoms with Crippen molar-refractivity contribution in [3.63, 3.8) is 0 Å². The van der Waals surface area contributed by atoms with Gasteiger partial charge in [0.1, 0.15) is 0 Å². The number of benzene rings is 1. The highest BCUT2D eigenvalue weighted by molar-refractivity contribution is 5.92. The van der Waals surface area contributed by atoms with Crippen molar-refractivity contribution in [3.05, 3.63) is 29.8 Å². The Bertz CT molecular complexity index is 442. The normalized spacial score (nSPS) is 19.4. The lowest BCUT2D eigenvalue weighted by molar-refractivity contribution is -0.118. The predicted octanol–water partition coefficient (Wildman–Crippen LogP) is 2.74. The van der Waals surface area contributed by atoms with Crippen molar-refractivity contribution in [3.8, 4) is 0 Å². The van der Waals surface area contributed by atoms with Crippen molar-refractivity contribution < 1.29 is 4.79 Å². The van der Waals surface area contributed by atoms with Gasteiger partial charge in [-0.05, 0) is 43.5 Å². The zero-order valence-electron chi connectivity index (χ0n) is 13.0. The molecule has 1 fully saturated rings. The van der Waals surface area contributed by atoms with Gasteiger partial charge in [0.2, 0.25) is 5.91 Å². The third kappa shape index (κ3) is 4.83. The molecule has 1 heterocycles. The van der Waals surface area contributed by atoms with Gasteiger partial charge in [-0.1, -0.05) is 31.9 Å². The minimum absolute atomic E-state index is 0.0819. The molecular formula is C17H27N3O. The molecule has 0 aliphatic carbocycles. The number of hydrogen-bond acceptors (Lipinski definition) is 3. The summed E-state index contributed by atoms with van der Waals surface area (Å²) in [5.74, 6) is 0.0819. The van der Waals surface area contributed by atoms with Gasteiger partial charge in [-0.25, -0.2) is 0 Å². The van der Waals surface area contributed by atoms with Gasteiger partial charge in [0.25, 0.3) is 0 Å². The second-order valence-corrected chi connectivity index (χ2v) is 5.86. The molecule has 1 aliphatic heterocycles. The van der Waals surface area contributed by atoms with E-state index in [0.29, 0.717) is 19.1 Å². The minimum Gasteiger partial charge on any atom is -0.326 e. The summed E-state index contributed by atoms with van der Waals surface area (Å²) < 4.78 is 0. The number of amides is 1. The van der Waals surface area contributed by atoms with E-state index in [0.717, 1.165) is 17.8 Å². The van der Waals surface area contributed by atoms with Crippen LogP contribution in [0, 0.1) is 0 Å². The topological polar surface area (TPSA) is 58.4 Å². The second-order valence-electron chi connectivity index (χ2n) is 5.86. The molecule has 1 saturated heterocycles. The molecule has 4 nitrogen and oxygen atoms in total. The zero-order valence-corrected chi connectivity index (χ0v) is 13.0. The van der Waals surface area contributed by atoms with Gasteiger partial charge in [-0.3, -0.25) is 9.69 Å². The van der Waals surface area contributed by atoms with E-state index < -0.39 is 0 Å². The Kier molecular flexibility index (Phi) is 6.21. The highest BCUT2D eigenvalue weighted by Gasteiger charge is 2.23. The molecule has 4 heteroatoms. The van der Waals surface area contributed by atoms with E-state index in [-0.39, 0.29) is 5.91 Å². The van der Waals surface area contributed by atoms with Crippen LogP contribution < -0.4 is 11.1 Å². The molecule has 1 aromatic rings. The maximum Gasteiger partial charge on any atom is 0.238 e.